The van der Waals surface area contributed by atoms with E-state index in [9.17, 15) is 22.0 Å². The van der Waals surface area contributed by atoms with Crippen LogP contribution < -0.4 is 9.47 Å². The average molecular weight is 368 g/mol. The summed E-state index contributed by atoms with van der Waals surface area (Å²) in [7, 11) is 0. The maximum Gasteiger partial charge on any atom is 0.195 e. The molecule has 0 fully saturated rings. The van der Waals surface area contributed by atoms with Gasteiger partial charge in [0, 0.05) is 17.5 Å². The lowest BCUT2D eigenvalue weighted by Gasteiger charge is -2.11. The molecule has 136 valence electrons. The number of hydrogen-bond donors (Lipinski definition) is 0. The van der Waals surface area contributed by atoms with E-state index in [-0.39, 0.29) is 34.4 Å². The molecule has 0 heterocycles. The van der Waals surface area contributed by atoms with E-state index in [0.717, 1.165) is 18.2 Å². The summed E-state index contributed by atoms with van der Waals surface area (Å²) < 4.78 is 78.6. The van der Waals surface area contributed by atoms with Gasteiger partial charge in [0.2, 0.25) is 0 Å². The Kier molecular flexibility index (Phi) is 4.97. The molecule has 0 aromatic heterocycles. The first-order chi connectivity index (χ1) is 12.4. The van der Waals surface area contributed by atoms with Crippen LogP contribution in [0.25, 0.3) is 10.8 Å². The molecule has 0 saturated heterocycles. The zero-order chi connectivity index (χ0) is 18.8. The number of ether oxygens (including phenoxy) is 2. The van der Waals surface area contributed by atoms with Gasteiger partial charge in [-0.25, -0.2) is 22.0 Å². The Labute approximate surface area is 145 Å². The largest absolute Gasteiger partial charge is 0.494 e. The minimum Gasteiger partial charge on any atom is -0.494 e. The van der Waals surface area contributed by atoms with Crippen LogP contribution in [0.5, 0.6) is 11.5 Å². The summed E-state index contributed by atoms with van der Waals surface area (Å²) in [6, 6.07) is 6.66. The third-order valence-electron chi connectivity index (χ3n) is 3.75. The maximum atomic E-state index is 14.0. The highest BCUT2D eigenvalue weighted by Gasteiger charge is 2.15. The van der Waals surface area contributed by atoms with Crippen molar-refractivity contribution in [3.63, 3.8) is 0 Å². The van der Waals surface area contributed by atoms with Crippen molar-refractivity contribution >= 4 is 10.8 Å². The van der Waals surface area contributed by atoms with Gasteiger partial charge in [-0.1, -0.05) is 0 Å². The molecule has 0 aliphatic rings. The molecular weight excluding hydrogens is 355 g/mol. The normalized spacial score (nSPS) is 11.0. The lowest BCUT2D eigenvalue weighted by atomic mass is 10.1. The van der Waals surface area contributed by atoms with Crippen LogP contribution in [0.3, 0.4) is 0 Å². The molecule has 2 nitrogen and oxygen atoms in total. The lowest BCUT2D eigenvalue weighted by molar-refractivity contribution is 0.290. The Bertz CT molecular complexity index is 949. The smallest absolute Gasteiger partial charge is 0.195 e. The van der Waals surface area contributed by atoms with E-state index < -0.39 is 35.7 Å². The molecule has 0 radical (unpaired) electrons. The first-order valence-electron chi connectivity index (χ1n) is 7.71. The second kappa shape index (κ2) is 7.19. The van der Waals surface area contributed by atoms with Crippen molar-refractivity contribution in [2.75, 3.05) is 6.61 Å². The van der Waals surface area contributed by atoms with Crippen LogP contribution in [0.4, 0.5) is 22.0 Å². The molecule has 7 heteroatoms. The summed E-state index contributed by atoms with van der Waals surface area (Å²) in [5, 5.41) is -0.0683. The van der Waals surface area contributed by atoms with Crippen LogP contribution in [0, 0.1) is 29.1 Å². The van der Waals surface area contributed by atoms with Crippen molar-refractivity contribution in [2.45, 2.75) is 13.5 Å². The van der Waals surface area contributed by atoms with Crippen LogP contribution in [0.15, 0.2) is 36.4 Å². The highest BCUT2D eigenvalue weighted by atomic mass is 19.2. The zero-order valence-corrected chi connectivity index (χ0v) is 13.6. The second-order valence-corrected chi connectivity index (χ2v) is 5.46. The predicted octanol–water partition coefficient (Wildman–Crippen LogP) is 5.51. The first-order valence-corrected chi connectivity index (χ1v) is 7.71. The predicted molar refractivity (Wildman–Crippen MR) is 85.7 cm³/mol. The van der Waals surface area contributed by atoms with Crippen molar-refractivity contribution in [3.05, 3.63) is 71.0 Å². The SMILES string of the molecule is CCOc1cc(F)c(COc2ccc3c(F)c(F)c(F)cc3c2)c(F)c1. The van der Waals surface area contributed by atoms with Gasteiger partial charge in [-0.15, -0.1) is 0 Å². The molecule has 0 amide bonds. The van der Waals surface area contributed by atoms with E-state index in [4.69, 9.17) is 9.47 Å². The number of rotatable bonds is 5. The van der Waals surface area contributed by atoms with Gasteiger partial charge in [-0.05, 0) is 36.6 Å². The van der Waals surface area contributed by atoms with E-state index >= 15 is 0 Å². The van der Waals surface area contributed by atoms with E-state index in [1.54, 1.807) is 6.92 Å². The molecule has 0 bridgehead atoms. The molecule has 0 aliphatic heterocycles. The van der Waals surface area contributed by atoms with Gasteiger partial charge in [0.1, 0.15) is 29.7 Å². The standard InChI is InChI=1S/C19H13F5O2/c1-2-25-12-7-15(20)14(16(21)8-12)9-26-11-3-4-13-10(5-11)6-17(22)19(24)18(13)23/h3-8H,2,9H2,1H3. The van der Waals surface area contributed by atoms with Gasteiger partial charge in [0.05, 0.1) is 12.2 Å². The van der Waals surface area contributed by atoms with Crippen molar-refractivity contribution in [1.82, 2.24) is 0 Å². The quantitative estimate of drug-likeness (QED) is 0.437. The minimum atomic E-state index is -1.57. The Morgan fingerprint density at radius 1 is 0.731 bits per heavy atom. The molecule has 0 atom stereocenters. The first kappa shape index (κ1) is 18.0. The summed E-state index contributed by atoms with van der Waals surface area (Å²) in [6.07, 6.45) is 0. The van der Waals surface area contributed by atoms with Gasteiger partial charge in [-0.2, -0.15) is 0 Å². The monoisotopic (exact) mass is 368 g/mol. The molecule has 3 aromatic carbocycles. The van der Waals surface area contributed by atoms with Gasteiger partial charge < -0.3 is 9.47 Å². The highest BCUT2D eigenvalue weighted by Crippen LogP contribution is 2.28. The van der Waals surface area contributed by atoms with Crippen molar-refractivity contribution in [3.8, 4) is 11.5 Å². The van der Waals surface area contributed by atoms with Gasteiger partial charge in [0.15, 0.2) is 17.5 Å². The maximum absolute atomic E-state index is 14.0. The Balaban J connectivity index is 1.85. The Hall–Kier alpha value is -2.83. The molecule has 26 heavy (non-hydrogen) atoms. The fourth-order valence-corrected chi connectivity index (χ4v) is 2.50. The molecule has 3 aromatic rings. The Morgan fingerprint density at radius 2 is 1.42 bits per heavy atom. The van der Waals surface area contributed by atoms with E-state index in [1.807, 2.05) is 0 Å². The van der Waals surface area contributed by atoms with Gasteiger partial charge in [0.25, 0.3) is 0 Å². The number of fused-ring (bicyclic) bond motifs is 1. The van der Waals surface area contributed by atoms with Crippen LogP contribution >= 0.6 is 0 Å². The number of halogens is 5. The third-order valence-corrected chi connectivity index (χ3v) is 3.75. The molecule has 0 unspecified atom stereocenters. The van der Waals surface area contributed by atoms with E-state index in [0.29, 0.717) is 0 Å². The molecule has 3 rings (SSSR count). The molecule has 0 saturated carbocycles. The third kappa shape index (κ3) is 3.42. The van der Waals surface area contributed by atoms with E-state index in [2.05, 4.69) is 0 Å². The van der Waals surface area contributed by atoms with Crippen LogP contribution in [-0.4, -0.2) is 6.61 Å². The molecular formula is C19H13F5O2. The van der Waals surface area contributed by atoms with Crippen molar-refractivity contribution in [2.24, 2.45) is 0 Å². The number of benzene rings is 3. The van der Waals surface area contributed by atoms with Crippen LogP contribution in [0.1, 0.15) is 12.5 Å². The fourth-order valence-electron chi connectivity index (χ4n) is 2.50. The number of hydrogen-bond acceptors (Lipinski definition) is 2. The second-order valence-electron chi connectivity index (χ2n) is 5.46. The van der Waals surface area contributed by atoms with Gasteiger partial charge >= 0.3 is 0 Å². The lowest BCUT2D eigenvalue weighted by Crippen LogP contribution is -2.04. The summed E-state index contributed by atoms with van der Waals surface area (Å²) in [5.74, 6) is -5.71. The molecule has 0 spiro atoms. The molecule has 0 N–H and O–H groups in total. The fraction of sp³-hybridized carbons (Fsp3) is 0.158. The van der Waals surface area contributed by atoms with Crippen molar-refractivity contribution < 1.29 is 31.4 Å². The van der Waals surface area contributed by atoms with Crippen molar-refractivity contribution in [1.29, 1.82) is 0 Å². The topological polar surface area (TPSA) is 18.5 Å². The summed E-state index contributed by atoms with van der Waals surface area (Å²) >= 11 is 0. The molecule has 0 aliphatic carbocycles. The minimum absolute atomic E-state index is 0.0601. The van der Waals surface area contributed by atoms with Crippen LogP contribution in [0.2, 0.25) is 0 Å². The van der Waals surface area contributed by atoms with E-state index in [1.165, 1.54) is 18.2 Å². The average Bonchev–Trinajstić information content (AvgIpc) is 2.59. The van der Waals surface area contributed by atoms with Crippen LogP contribution in [-0.2, 0) is 6.61 Å². The zero-order valence-electron chi connectivity index (χ0n) is 13.6. The van der Waals surface area contributed by atoms with Gasteiger partial charge in [-0.3, -0.25) is 0 Å². The summed E-state index contributed by atoms with van der Waals surface area (Å²) in [4.78, 5) is 0. The Morgan fingerprint density at radius 3 is 2.08 bits per heavy atom. The summed E-state index contributed by atoms with van der Waals surface area (Å²) in [6.45, 7) is 1.51. The summed E-state index contributed by atoms with van der Waals surface area (Å²) in [5.41, 5.74) is -0.315. The highest BCUT2D eigenvalue weighted by molar-refractivity contribution is 5.84.